The minimum Gasteiger partial charge on any atom is -0.337 e. The highest BCUT2D eigenvalue weighted by molar-refractivity contribution is 6.35. The average Bonchev–Trinajstić information content (AvgIpc) is 2.86. The maximum atomic E-state index is 14.0. The van der Waals surface area contributed by atoms with Crippen LogP contribution in [-0.2, 0) is 0 Å². The number of benzene rings is 2. The molecule has 0 spiro atoms. The number of likely N-dealkylation sites (tertiary alicyclic amines) is 2. The monoisotopic (exact) mass is 538 g/mol. The molecule has 2 N–H and O–H groups in total. The van der Waals surface area contributed by atoms with Crippen LogP contribution in [-0.4, -0.2) is 61.1 Å². The van der Waals surface area contributed by atoms with Crippen molar-refractivity contribution in [3.63, 3.8) is 0 Å². The molecule has 1 unspecified atom stereocenters. The van der Waals surface area contributed by atoms with Gasteiger partial charge in [0.1, 0.15) is 0 Å². The number of hydrogen-bond acceptors (Lipinski definition) is 3. The van der Waals surface area contributed by atoms with Crippen LogP contribution in [0, 0.1) is 11.6 Å². The maximum Gasteiger partial charge on any atom is 0.319 e. The predicted molar refractivity (Wildman–Crippen MR) is 142 cm³/mol. The summed E-state index contributed by atoms with van der Waals surface area (Å²) in [4.78, 5) is 17.6. The first kappa shape index (κ1) is 27.1. The first-order valence-corrected chi connectivity index (χ1v) is 13.6. The van der Waals surface area contributed by atoms with Crippen molar-refractivity contribution < 1.29 is 13.6 Å². The molecular formula is C27H34Cl2F2N4O. The second kappa shape index (κ2) is 13.0. The van der Waals surface area contributed by atoms with Crippen LogP contribution >= 0.6 is 23.2 Å². The molecule has 2 aliphatic heterocycles. The number of rotatable bonds is 8. The van der Waals surface area contributed by atoms with E-state index < -0.39 is 17.7 Å². The Morgan fingerprint density at radius 2 is 1.64 bits per heavy atom. The van der Waals surface area contributed by atoms with Gasteiger partial charge in [0.2, 0.25) is 0 Å². The van der Waals surface area contributed by atoms with Gasteiger partial charge in [-0.3, -0.25) is 0 Å². The van der Waals surface area contributed by atoms with Crippen LogP contribution in [0.5, 0.6) is 0 Å². The van der Waals surface area contributed by atoms with Gasteiger partial charge in [0.15, 0.2) is 11.6 Å². The lowest BCUT2D eigenvalue weighted by molar-refractivity contribution is 0.0912. The SMILES string of the molecule is O=C(NCC(CCN1CCC(N2CCCCC2)CC1)c1ccc(F)c(F)c1)Nc1cc(Cl)cc(Cl)c1. The zero-order valence-electron chi connectivity index (χ0n) is 20.4. The van der Waals surface area contributed by atoms with Gasteiger partial charge in [0.05, 0.1) is 0 Å². The molecule has 0 aliphatic carbocycles. The third-order valence-electron chi connectivity index (χ3n) is 7.30. The molecular weight excluding hydrogens is 505 g/mol. The predicted octanol–water partition coefficient (Wildman–Crippen LogP) is 6.52. The second-order valence-electron chi connectivity index (χ2n) is 9.82. The molecule has 0 saturated carbocycles. The summed E-state index contributed by atoms with van der Waals surface area (Å²) >= 11 is 12.0. The highest BCUT2D eigenvalue weighted by atomic mass is 35.5. The topological polar surface area (TPSA) is 47.6 Å². The van der Waals surface area contributed by atoms with E-state index in [1.54, 1.807) is 24.3 Å². The van der Waals surface area contributed by atoms with Gasteiger partial charge in [-0.1, -0.05) is 35.7 Å². The zero-order chi connectivity index (χ0) is 25.5. The number of urea groups is 1. The molecule has 0 bridgehead atoms. The Morgan fingerprint density at radius 1 is 0.944 bits per heavy atom. The number of anilines is 1. The van der Waals surface area contributed by atoms with Crippen LogP contribution in [0.3, 0.4) is 0 Å². The van der Waals surface area contributed by atoms with E-state index in [9.17, 15) is 13.6 Å². The molecule has 4 rings (SSSR count). The largest absolute Gasteiger partial charge is 0.337 e. The van der Waals surface area contributed by atoms with Crippen molar-refractivity contribution in [1.82, 2.24) is 15.1 Å². The van der Waals surface area contributed by atoms with Crippen LogP contribution in [0.2, 0.25) is 10.0 Å². The number of amides is 2. The molecule has 2 saturated heterocycles. The zero-order valence-corrected chi connectivity index (χ0v) is 21.9. The van der Waals surface area contributed by atoms with Gasteiger partial charge in [-0.05, 0) is 101 Å². The number of carbonyl (C=O) groups is 1. The molecule has 2 heterocycles. The summed E-state index contributed by atoms with van der Waals surface area (Å²) in [5.74, 6) is -1.91. The molecule has 196 valence electrons. The molecule has 2 aromatic rings. The summed E-state index contributed by atoms with van der Waals surface area (Å²) in [6, 6.07) is 9.04. The van der Waals surface area contributed by atoms with Crippen molar-refractivity contribution in [3.8, 4) is 0 Å². The summed E-state index contributed by atoms with van der Waals surface area (Å²) in [5, 5.41) is 6.42. The minimum atomic E-state index is -0.877. The molecule has 2 fully saturated rings. The number of hydrogen-bond donors (Lipinski definition) is 2. The van der Waals surface area contributed by atoms with Gasteiger partial charge >= 0.3 is 6.03 Å². The van der Waals surface area contributed by atoms with Crippen molar-refractivity contribution in [1.29, 1.82) is 0 Å². The average molecular weight is 539 g/mol. The Hall–Kier alpha value is -1.93. The van der Waals surface area contributed by atoms with Crippen LogP contribution < -0.4 is 10.6 Å². The van der Waals surface area contributed by atoms with Crippen molar-refractivity contribution in [2.24, 2.45) is 0 Å². The fraction of sp³-hybridized carbons (Fsp3) is 0.519. The van der Waals surface area contributed by atoms with Crippen molar-refractivity contribution >= 4 is 34.9 Å². The van der Waals surface area contributed by atoms with E-state index in [4.69, 9.17) is 23.2 Å². The lowest BCUT2D eigenvalue weighted by Crippen LogP contribution is -2.47. The number of piperidine rings is 2. The fourth-order valence-corrected chi connectivity index (χ4v) is 5.83. The summed E-state index contributed by atoms with van der Waals surface area (Å²) < 4.78 is 27.6. The molecule has 1 atom stereocenters. The Balaban J connectivity index is 1.32. The Kier molecular flexibility index (Phi) is 9.82. The van der Waals surface area contributed by atoms with E-state index in [1.165, 1.54) is 51.3 Å². The van der Waals surface area contributed by atoms with E-state index in [1.807, 2.05) is 0 Å². The smallest absolute Gasteiger partial charge is 0.319 e. The van der Waals surface area contributed by atoms with E-state index in [-0.39, 0.29) is 12.5 Å². The summed E-state index contributed by atoms with van der Waals surface area (Å²) in [6.07, 6.45) is 7.02. The van der Waals surface area contributed by atoms with E-state index >= 15 is 0 Å². The maximum absolute atomic E-state index is 14.0. The lowest BCUT2D eigenvalue weighted by Gasteiger charge is -2.40. The third kappa shape index (κ3) is 7.78. The number of carbonyl (C=O) groups excluding carboxylic acids is 1. The number of nitrogens with one attached hydrogen (secondary N) is 2. The summed E-state index contributed by atoms with van der Waals surface area (Å²) in [7, 11) is 0. The lowest BCUT2D eigenvalue weighted by atomic mass is 9.94. The highest BCUT2D eigenvalue weighted by Crippen LogP contribution is 2.25. The van der Waals surface area contributed by atoms with Gasteiger partial charge in [-0.2, -0.15) is 0 Å². The Labute approximate surface area is 222 Å². The molecule has 9 heteroatoms. The molecule has 2 amide bonds. The van der Waals surface area contributed by atoms with Crippen LogP contribution in [0.1, 0.15) is 50.0 Å². The molecule has 0 radical (unpaired) electrons. The molecule has 36 heavy (non-hydrogen) atoms. The quantitative estimate of drug-likeness (QED) is 0.402. The Bertz CT molecular complexity index is 1010. The number of nitrogens with zero attached hydrogens (tertiary/aromatic N) is 2. The van der Waals surface area contributed by atoms with Crippen molar-refractivity contribution in [2.45, 2.75) is 50.5 Å². The van der Waals surface area contributed by atoms with Gasteiger partial charge in [0, 0.05) is 34.2 Å². The Morgan fingerprint density at radius 3 is 2.31 bits per heavy atom. The van der Waals surface area contributed by atoms with Crippen LogP contribution in [0.15, 0.2) is 36.4 Å². The van der Waals surface area contributed by atoms with E-state index in [0.29, 0.717) is 27.3 Å². The molecule has 2 aromatic carbocycles. The van der Waals surface area contributed by atoms with Crippen molar-refractivity contribution in [3.05, 3.63) is 63.6 Å². The first-order chi connectivity index (χ1) is 17.4. The van der Waals surface area contributed by atoms with Gasteiger partial charge in [-0.15, -0.1) is 0 Å². The first-order valence-electron chi connectivity index (χ1n) is 12.8. The van der Waals surface area contributed by atoms with Gasteiger partial charge in [0.25, 0.3) is 0 Å². The standard InChI is InChI=1S/C27H34Cl2F2N4O/c28-21-15-22(29)17-23(16-21)33-27(36)32-18-20(19-4-5-25(30)26(31)14-19)6-11-34-12-7-24(8-13-34)35-9-2-1-3-10-35/h4-5,14-17,20,24H,1-3,6-13,18H2,(H2,32,33,36). The second-order valence-corrected chi connectivity index (χ2v) is 10.7. The normalized spacial score (nSPS) is 18.7. The molecule has 2 aliphatic rings. The summed E-state index contributed by atoms with van der Waals surface area (Å²) in [5.41, 5.74) is 1.15. The third-order valence-corrected chi connectivity index (χ3v) is 7.74. The molecule has 5 nitrogen and oxygen atoms in total. The van der Waals surface area contributed by atoms with Crippen LogP contribution in [0.25, 0.3) is 0 Å². The van der Waals surface area contributed by atoms with Crippen LogP contribution in [0.4, 0.5) is 19.3 Å². The van der Waals surface area contributed by atoms with Gasteiger partial charge < -0.3 is 20.4 Å². The summed E-state index contributed by atoms with van der Waals surface area (Å²) in [6.45, 7) is 5.64. The van der Waals surface area contributed by atoms with Gasteiger partial charge in [-0.25, -0.2) is 13.6 Å². The van der Waals surface area contributed by atoms with E-state index in [2.05, 4.69) is 20.4 Å². The highest BCUT2D eigenvalue weighted by Gasteiger charge is 2.26. The molecule has 0 aromatic heterocycles. The minimum absolute atomic E-state index is 0.159. The number of halogens is 4. The van der Waals surface area contributed by atoms with Crippen molar-refractivity contribution in [2.75, 3.05) is 44.6 Å². The fourth-order valence-electron chi connectivity index (χ4n) is 5.30. The van der Waals surface area contributed by atoms with E-state index in [0.717, 1.165) is 32.1 Å².